The zero-order valence-electron chi connectivity index (χ0n) is 23.0. The second-order valence-corrected chi connectivity index (χ2v) is 10.1. The van der Waals surface area contributed by atoms with E-state index in [4.69, 9.17) is 16.9 Å². The average molecular weight is 535 g/mol. The molecule has 2 aromatic rings. The number of ether oxygens (including phenoxy) is 1. The largest absolute Gasteiger partial charge is 0.444 e. The van der Waals surface area contributed by atoms with Crippen LogP contribution in [0.15, 0.2) is 54.6 Å². The number of terminal acetylenes is 1. The Balaban J connectivity index is 2.48. The molecule has 0 saturated carbocycles. The molecule has 0 aliphatic rings. The second kappa shape index (κ2) is 14.6. The van der Waals surface area contributed by atoms with Gasteiger partial charge in [0.05, 0.1) is 6.42 Å². The van der Waals surface area contributed by atoms with Crippen LogP contribution in [0.25, 0.3) is 0 Å². The Bertz CT molecular complexity index is 1170. The lowest BCUT2D eigenvalue weighted by atomic mass is 10.00. The number of nitrogens with one attached hydrogen (secondary N) is 2. The van der Waals surface area contributed by atoms with Gasteiger partial charge < -0.3 is 26.0 Å². The predicted octanol–water partition coefficient (Wildman–Crippen LogP) is 3.42. The number of nitrogens with zero attached hydrogens (tertiary/aromatic N) is 1. The van der Waals surface area contributed by atoms with E-state index in [1.807, 2.05) is 37.3 Å². The van der Waals surface area contributed by atoms with Crippen molar-refractivity contribution in [2.45, 2.75) is 71.2 Å². The Morgan fingerprint density at radius 2 is 1.69 bits per heavy atom. The smallest absolute Gasteiger partial charge is 0.408 e. The Morgan fingerprint density at radius 3 is 2.23 bits per heavy atom. The Hall–Kier alpha value is -4.32. The SMILES string of the molecule is C#Cc1ccc(C(C(=O)NCc2ccccc2)N(CCCC)C(=O)C(CC(N)=O)NC(=O)OC(C)(C)C)cc1. The van der Waals surface area contributed by atoms with Crippen molar-refractivity contribution in [1.29, 1.82) is 0 Å². The molecule has 0 spiro atoms. The lowest BCUT2D eigenvalue weighted by Crippen LogP contribution is -2.54. The summed E-state index contributed by atoms with van der Waals surface area (Å²) in [6, 6.07) is 13.7. The molecule has 2 aromatic carbocycles. The van der Waals surface area contributed by atoms with Crippen molar-refractivity contribution < 1.29 is 23.9 Å². The normalized spacial score (nSPS) is 12.4. The summed E-state index contributed by atoms with van der Waals surface area (Å²) in [5, 5.41) is 5.38. The highest BCUT2D eigenvalue weighted by Crippen LogP contribution is 2.24. The summed E-state index contributed by atoms with van der Waals surface area (Å²) in [6.07, 6.45) is 5.48. The zero-order chi connectivity index (χ0) is 29.0. The molecular weight excluding hydrogens is 496 g/mol. The zero-order valence-corrected chi connectivity index (χ0v) is 23.0. The maximum atomic E-state index is 13.9. The number of alkyl carbamates (subject to hydrolysis) is 1. The van der Waals surface area contributed by atoms with Crippen LogP contribution in [0.5, 0.6) is 0 Å². The molecule has 0 saturated heterocycles. The predicted molar refractivity (Wildman–Crippen MR) is 149 cm³/mol. The van der Waals surface area contributed by atoms with Crippen LogP contribution in [-0.2, 0) is 25.7 Å². The standard InChI is InChI=1S/C30H38N4O5/c1-6-8-18-34(28(37)24(19-25(31)35)33-29(38)39-30(3,4)5)26(23-16-14-21(7-2)15-17-23)27(36)32-20-22-12-10-9-11-13-22/h2,9-17,24,26H,6,8,18-20H2,1,3-5H3,(H2,31,35)(H,32,36)(H,33,38). The van der Waals surface area contributed by atoms with Crippen molar-refractivity contribution in [1.82, 2.24) is 15.5 Å². The van der Waals surface area contributed by atoms with Gasteiger partial charge in [-0.25, -0.2) is 4.79 Å². The van der Waals surface area contributed by atoms with E-state index >= 15 is 0 Å². The van der Waals surface area contributed by atoms with Crippen LogP contribution in [0.2, 0.25) is 0 Å². The first kappa shape index (κ1) is 30.9. The fourth-order valence-corrected chi connectivity index (χ4v) is 3.86. The highest BCUT2D eigenvalue weighted by atomic mass is 16.6. The van der Waals surface area contributed by atoms with Gasteiger partial charge in [0.2, 0.25) is 17.7 Å². The molecule has 0 aliphatic heterocycles. The summed E-state index contributed by atoms with van der Waals surface area (Å²) in [5.41, 5.74) is 6.63. The van der Waals surface area contributed by atoms with Crippen LogP contribution in [0.1, 0.15) is 69.7 Å². The molecule has 0 fully saturated rings. The maximum Gasteiger partial charge on any atom is 0.408 e. The summed E-state index contributed by atoms with van der Waals surface area (Å²) in [4.78, 5) is 53.4. The molecule has 0 aliphatic carbocycles. The third-order valence-electron chi connectivity index (χ3n) is 5.69. The number of unbranched alkanes of at least 4 members (excludes halogenated alkanes) is 1. The molecule has 2 rings (SSSR count). The van der Waals surface area contributed by atoms with Crippen molar-refractivity contribution in [3.05, 3.63) is 71.3 Å². The molecule has 39 heavy (non-hydrogen) atoms. The second-order valence-electron chi connectivity index (χ2n) is 10.1. The van der Waals surface area contributed by atoms with E-state index in [9.17, 15) is 19.2 Å². The van der Waals surface area contributed by atoms with E-state index in [1.54, 1.807) is 45.0 Å². The molecule has 0 bridgehead atoms. The van der Waals surface area contributed by atoms with E-state index in [0.717, 1.165) is 12.0 Å². The average Bonchev–Trinajstić information content (AvgIpc) is 2.88. The van der Waals surface area contributed by atoms with Crippen LogP contribution < -0.4 is 16.4 Å². The van der Waals surface area contributed by atoms with Gasteiger partial charge in [-0.2, -0.15) is 0 Å². The van der Waals surface area contributed by atoms with Gasteiger partial charge in [-0.05, 0) is 50.5 Å². The summed E-state index contributed by atoms with van der Waals surface area (Å²) >= 11 is 0. The Morgan fingerprint density at radius 1 is 1.05 bits per heavy atom. The third kappa shape index (κ3) is 10.2. The summed E-state index contributed by atoms with van der Waals surface area (Å²) in [5.74, 6) is 0.698. The fraction of sp³-hybridized carbons (Fsp3) is 0.400. The molecule has 0 heterocycles. The number of hydrogen-bond donors (Lipinski definition) is 3. The van der Waals surface area contributed by atoms with Gasteiger partial charge in [0.15, 0.2) is 0 Å². The molecule has 0 aromatic heterocycles. The minimum Gasteiger partial charge on any atom is -0.444 e. The van der Waals surface area contributed by atoms with E-state index in [1.165, 1.54) is 4.90 Å². The number of benzene rings is 2. The number of amides is 4. The highest BCUT2D eigenvalue weighted by Gasteiger charge is 2.36. The summed E-state index contributed by atoms with van der Waals surface area (Å²) in [6.45, 7) is 7.43. The van der Waals surface area contributed by atoms with Crippen molar-refractivity contribution in [3.8, 4) is 12.3 Å². The number of nitrogens with two attached hydrogens (primary N) is 1. The van der Waals surface area contributed by atoms with Crippen LogP contribution in [0.3, 0.4) is 0 Å². The number of carbonyl (C=O) groups excluding carboxylic acids is 4. The van der Waals surface area contributed by atoms with Crippen LogP contribution in [0, 0.1) is 12.3 Å². The van der Waals surface area contributed by atoms with Gasteiger partial charge in [-0.15, -0.1) is 6.42 Å². The van der Waals surface area contributed by atoms with Crippen molar-refractivity contribution in [2.24, 2.45) is 5.73 Å². The molecular formula is C30H38N4O5. The lowest BCUT2D eigenvalue weighted by molar-refractivity contribution is -0.143. The van der Waals surface area contributed by atoms with Crippen LogP contribution >= 0.6 is 0 Å². The highest BCUT2D eigenvalue weighted by molar-refractivity contribution is 5.94. The molecule has 9 heteroatoms. The first-order chi connectivity index (χ1) is 18.4. The molecule has 0 radical (unpaired) electrons. The molecule has 4 amide bonds. The molecule has 2 atom stereocenters. The minimum absolute atomic E-state index is 0.195. The number of hydrogen-bond acceptors (Lipinski definition) is 5. The summed E-state index contributed by atoms with van der Waals surface area (Å²) in [7, 11) is 0. The topological polar surface area (TPSA) is 131 Å². The van der Waals surface area contributed by atoms with Gasteiger partial charge in [-0.1, -0.05) is 61.7 Å². The number of primary amides is 1. The third-order valence-corrected chi connectivity index (χ3v) is 5.69. The Kier molecular flexibility index (Phi) is 11.5. The van der Waals surface area contributed by atoms with E-state index in [0.29, 0.717) is 17.5 Å². The van der Waals surface area contributed by atoms with Gasteiger partial charge in [0, 0.05) is 18.7 Å². The van der Waals surface area contributed by atoms with E-state index in [-0.39, 0.29) is 13.1 Å². The quantitative estimate of drug-likeness (QED) is 0.359. The first-order valence-electron chi connectivity index (χ1n) is 12.9. The number of rotatable bonds is 12. The van der Waals surface area contributed by atoms with Crippen LogP contribution in [-0.4, -0.2) is 46.9 Å². The molecule has 2 unspecified atom stereocenters. The first-order valence-corrected chi connectivity index (χ1v) is 12.9. The van der Waals surface area contributed by atoms with Gasteiger partial charge >= 0.3 is 6.09 Å². The van der Waals surface area contributed by atoms with Gasteiger partial charge in [0.25, 0.3) is 0 Å². The fourth-order valence-electron chi connectivity index (χ4n) is 3.86. The summed E-state index contributed by atoms with van der Waals surface area (Å²) < 4.78 is 5.30. The lowest BCUT2D eigenvalue weighted by Gasteiger charge is -2.34. The Labute approximate surface area is 230 Å². The van der Waals surface area contributed by atoms with Gasteiger partial charge in [-0.3, -0.25) is 14.4 Å². The van der Waals surface area contributed by atoms with Crippen molar-refractivity contribution in [2.75, 3.05) is 6.54 Å². The molecule has 9 nitrogen and oxygen atoms in total. The van der Waals surface area contributed by atoms with Crippen molar-refractivity contribution >= 4 is 23.8 Å². The van der Waals surface area contributed by atoms with Crippen LogP contribution in [0.4, 0.5) is 4.79 Å². The molecule has 4 N–H and O–H groups in total. The number of carbonyl (C=O) groups is 4. The molecule has 208 valence electrons. The monoisotopic (exact) mass is 534 g/mol. The maximum absolute atomic E-state index is 13.9. The van der Waals surface area contributed by atoms with E-state index < -0.39 is 47.9 Å². The van der Waals surface area contributed by atoms with Gasteiger partial charge in [0.1, 0.15) is 17.7 Å². The van der Waals surface area contributed by atoms with E-state index in [2.05, 4.69) is 16.6 Å². The minimum atomic E-state index is -1.33. The van der Waals surface area contributed by atoms with Crippen molar-refractivity contribution in [3.63, 3.8) is 0 Å².